The van der Waals surface area contributed by atoms with Gasteiger partial charge in [0.05, 0.1) is 0 Å². The minimum Gasteiger partial charge on any atom is -0.299 e. The van der Waals surface area contributed by atoms with Crippen molar-refractivity contribution in [2.75, 3.05) is 13.6 Å². The van der Waals surface area contributed by atoms with Crippen LogP contribution in [0.5, 0.6) is 0 Å². The predicted octanol–water partition coefficient (Wildman–Crippen LogP) is 2.46. The second-order valence-corrected chi connectivity index (χ2v) is 3.86. The lowest BCUT2D eigenvalue weighted by Gasteiger charge is -2.24. The van der Waals surface area contributed by atoms with E-state index in [1.807, 2.05) is 6.08 Å². The van der Waals surface area contributed by atoms with Crippen molar-refractivity contribution in [2.45, 2.75) is 25.8 Å². The highest BCUT2D eigenvalue weighted by Crippen LogP contribution is 2.34. The zero-order valence-electron chi connectivity index (χ0n) is 8.21. The molecule has 0 saturated heterocycles. The van der Waals surface area contributed by atoms with Crippen LogP contribution in [-0.4, -0.2) is 24.5 Å². The van der Waals surface area contributed by atoms with Gasteiger partial charge in [-0.25, -0.2) is 0 Å². The van der Waals surface area contributed by atoms with E-state index in [4.69, 9.17) is 0 Å². The van der Waals surface area contributed by atoms with E-state index in [9.17, 15) is 0 Å². The van der Waals surface area contributed by atoms with Crippen LogP contribution in [0, 0.1) is 5.92 Å². The second kappa shape index (κ2) is 3.90. The predicted molar refractivity (Wildman–Crippen MR) is 54.2 cm³/mol. The van der Waals surface area contributed by atoms with Gasteiger partial charge in [0.25, 0.3) is 0 Å². The molecule has 1 aliphatic carbocycles. The van der Waals surface area contributed by atoms with Crippen LogP contribution in [0.2, 0.25) is 0 Å². The third-order valence-electron chi connectivity index (χ3n) is 2.74. The fourth-order valence-corrected chi connectivity index (χ4v) is 1.47. The van der Waals surface area contributed by atoms with Crippen molar-refractivity contribution in [3.05, 3.63) is 24.8 Å². The Bertz CT molecular complexity index is 179. The normalized spacial score (nSPS) is 19.2. The Morgan fingerprint density at radius 1 is 1.67 bits per heavy atom. The maximum Gasteiger partial charge on any atom is 0.0227 e. The van der Waals surface area contributed by atoms with Crippen LogP contribution in [0.3, 0.4) is 0 Å². The lowest BCUT2D eigenvalue weighted by Crippen LogP contribution is -2.32. The molecule has 1 fully saturated rings. The van der Waals surface area contributed by atoms with Gasteiger partial charge in [0.2, 0.25) is 0 Å². The number of nitrogens with zero attached hydrogens (tertiary/aromatic N) is 1. The molecule has 0 aromatic rings. The van der Waals surface area contributed by atoms with Gasteiger partial charge in [0.1, 0.15) is 0 Å². The summed E-state index contributed by atoms with van der Waals surface area (Å²) in [6.07, 6.45) is 4.66. The first-order chi connectivity index (χ1) is 5.65. The number of hydrogen-bond acceptors (Lipinski definition) is 1. The molecule has 1 atom stereocenters. The van der Waals surface area contributed by atoms with E-state index in [1.54, 1.807) is 0 Å². The summed E-state index contributed by atoms with van der Waals surface area (Å²) in [5, 5.41) is 0. The van der Waals surface area contributed by atoms with Gasteiger partial charge in [0, 0.05) is 12.6 Å². The fraction of sp³-hybridized carbons (Fsp3) is 0.636. The number of likely N-dealkylation sites (N-methyl/N-ethyl adjacent to an activating group) is 1. The van der Waals surface area contributed by atoms with Gasteiger partial charge in [-0.2, -0.15) is 0 Å². The molecule has 0 aromatic carbocycles. The summed E-state index contributed by atoms with van der Waals surface area (Å²) in [5.74, 6) is 0.938. The monoisotopic (exact) mass is 165 g/mol. The zero-order chi connectivity index (χ0) is 9.14. The average molecular weight is 165 g/mol. The fourth-order valence-electron chi connectivity index (χ4n) is 1.47. The molecule has 0 heterocycles. The summed E-state index contributed by atoms with van der Waals surface area (Å²) in [4.78, 5) is 2.36. The van der Waals surface area contributed by atoms with Crippen molar-refractivity contribution in [2.24, 2.45) is 5.92 Å². The van der Waals surface area contributed by atoms with E-state index in [0.29, 0.717) is 6.04 Å². The molecule has 12 heavy (non-hydrogen) atoms. The van der Waals surface area contributed by atoms with Crippen molar-refractivity contribution < 1.29 is 0 Å². The van der Waals surface area contributed by atoms with Gasteiger partial charge < -0.3 is 0 Å². The molecule has 1 nitrogen and oxygen atoms in total. The standard InChI is InChI=1S/C11H19N/c1-5-9(2)8-12(4)10(3)11-6-7-11/h5,10-11H,1-2,6-8H2,3-4H3/t10-/m0/s1. The van der Waals surface area contributed by atoms with Gasteiger partial charge in [-0.1, -0.05) is 19.2 Å². The highest BCUT2D eigenvalue weighted by Gasteiger charge is 2.30. The number of hydrogen-bond donors (Lipinski definition) is 0. The lowest BCUT2D eigenvalue weighted by atomic mass is 10.1. The summed E-state index contributed by atoms with van der Waals surface area (Å²) in [5.41, 5.74) is 1.12. The molecule has 0 amide bonds. The van der Waals surface area contributed by atoms with Crippen LogP contribution < -0.4 is 0 Å². The Hall–Kier alpha value is -0.560. The van der Waals surface area contributed by atoms with Crippen LogP contribution in [0.15, 0.2) is 24.8 Å². The highest BCUT2D eigenvalue weighted by atomic mass is 15.1. The lowest BCUT2D eigenvalue weighted by molar-refractivity contribution is 0.255. The zero-order valence-corrected chi connectivity index (χ0v) is 8.21. The Morgan fingerprint density at radius 2 is 2.25 bits per heavy atom. The van der Waals surface area contributed by atoms with Crippen LogP contribution in [0.25, 0.3) is 0 Å². The molecule has 0 aliphatic heterocycles. The van der Waals surface area contributed by atoms with Gasteiger partial charge >= 0.3 is 0 Å². The molecule has 1 aliphatic rings. The molecule has 0 aromatic heterocycles. The third kappa shape index (κ3) is 2.49. The molecule has 1 rings (SSSR count). The van der Waals surface area contributed by atoms with E-state index in [-0.39, 0.29) is 0 Å². The van der Waals surface area contributed by atoms with E-state index >= 15 is 0 Å². The molecule has 0 spiro atoms. The first-order valence-corrected chi connectivity index (χ1v) is 4.65. The van der Waals surface area contributed by atoms with Crippen LogP contribution in [0.1, 0.15) is 19.8 Å². The topological polar surface area (TPSA) is 3.24 Å². The highest BCUT2D eigenvalue weighted by molar-refractivity contribution is 5.13. The summed E-state index contributed by atoms with van der Waals surface area (Å²) in [6, 6.07) is 0.710. The molecule has 0 N–H and O–H groups in total. The van der Waals surface area contributed by atoms with Gasteiger partial charge in [0.15, 0.2) is 0 Å². The maximum atomic E-state index is 3.92. The van der Waals surface area contributed by atoms with Crippen LogP contribution >= 0.6 is 0 Å². The quantitative estimate of drug-likeness (QED) is 0.566. The van der Waals surface area contributed by atoms with Gasteiger partial charge in [-0.15, -0.1) is 0 Å². The van der Waals surface area contributed by atoms with E-state index in [0.717, 1.165) is 18.0 Å². The Morgan fingerprint density at radius 3 is 2.67 bits per heavy atom. The van der Waals surface area contributed by atoms with E-state index < -0.39 is 0 Å². The van der Waals surface area contributed by atoms with Gasteiger partial charge in [-0.3, -0.25) is 4.90 Å². The third-order valence-corrected chi connectivity index (χ3v) is 2.74. The van der Waals surface area contributed by atoms with Crippen LogP contribution in [-0.2, 0) is 0 Å². The average Bonchev–Trinajstić information content (AvgIpc) is 2.85. The molecule has 1 saturated carbocycles. The summed E-state index contributed by atoms with van der Waals surface area (Å²) in [7, 11) is 2.16. The molecule has 0 bridgehead atoms. The Balaban J connectivity index is 2.30. The van der Waals surface area contributed by atoms with Crippen molar-refractivity contribution >= 4 is 0 Å². The first kappa shape index (κ1) is 9.53. The maximum absolute atomic E-state index is 3.92. The summed E-state index contributed by atoms with van der Waals surface area (Å²) in [6.45, 7) is 10.9. The Kier molecular flexibility index (Phi) is 3.10. The second-order valence-electron chi connectivity index (χ2n) is 3.86. The van der Waals surface area contributed by atoms with Crippen molar-refractivity contribution in [3.8, 4) is 0 Å². The van der Waals surface area contributed by atoms with Crippen LogP contribution in [0.4, 0.5) is 0 Å². The SMILES string of the molecule is C=CC(=C)CN(C)[C@@H](C)C1CC1. The molecule has 1 heteroatoms. The Labute approximate surface area is 75.8 Å². The minimum atomic E-state index is 0.710. The van der Waals surface area contributed by atoms with Crippen molar-refractivity contribution in [1.82, 2.24) is 4.90 Å². The molecular formula is C11H19N. The first-order valence-electron chi connectivity index (χ1n) is 4.65. The van der Waals surface area contributed by atoms with Crippen molar-refractivity contribution in [1.29, 1.82) is 0 Å². The molecule has 0 radical (unpaired) electrons. The van der Waals surface area contributed by atoms with Gasteiger partial charge in [-0.05, 0) is 38.3 Å². The number of rotatable bonds is 5. The minimum absolute atomic E-state index is 0.710. The van der Waals surface area contributed by atoms with E-state index in [2.05, 4.69) is 32.0 Å². The summed E-state index contributed by atoms with van der Waals surface area (Å²) < 4.78 is 0. The molecular weight excluding hydrogens is 146 g/mol. The van der Waals surface area contributed by atoms with Crippen molar-refractivity contribution in [3.63, 3.8) is 0 Å². The summed E-state index contributed by atoms with van der Waals surface area (Å²) >= 11 is 0. The smallest absolute Gasteiger partial charge is 0.0227 e. The molecule has 68 valence electrons. The molecule has 0 unspecified atom stereocenters. The van der Waals surface area contributed by atoms with E-state index in [1.165, 1.54) is 12.8 Å². The largest absolute Gasteiger partial charge is 0.299 e.